The molecule has 3 aromatic rings. The van der Waals surface area contributed by atoms with E-state index in [-0.39, 0.29) is 18.0 Å². The lowest BCUT2D eigenvalue weighted by Gasteiger charge is -2.38. The number of hydrogen-bond acceptors (Lipinski definition) is 12. The maximum Gasteiger partial charge on any atom is 0.304 e. The average molecular weight is 666 g/mol. The SMILES string of the molecule is CS(=O)(=O)N1CCC(N(CCCN2CCOCC2)c2nc(N3CCOCC3)nc(-n3c(OCC(F)F)nc4ccccc43)n2)CC1. The Kier molecular flexibility index (Phi) is 10.4. The summed E-state index contributed by atoms with van der Waals surface area (Å²) in [6, 6.07) is 7.18. The highest BCUT2D eigenvalue weighted by Crippen LogP contribution is 2.29. The fraction of sp³-hybridized carbons (Fsp3) is 0.655. The number of imidazole rings is 1. The van der Waals surface area contributed by atoms with Crippen LogP contribution in [-0.4, -0.2) is 146 Å². The zero-order chi connectivity index (χ0) is 32.1. The smallest absolute Gasteiger partial charge is 0.304 e. The lowest BCUT2D eigenvalue weighted by molar-refractivity contribution is 0.0375. The molecule has 3 aliphatic rings. The molecule has 3 fully saturated rings. The number of piperidine rings is 1. The number of morpholine rings is 2. The first-order valence-corrected chi connectivity index (χ1v) is 17.6. The Labute approximate surface area is 267 Å². The molecule has 46 heavy (non-hydrogen) atoms. The predicted octanol–water partition coefficient (Wildman–Crippen LogP) is 1.64. The van der Waals surface area contributed by atoms with Crippen molar-refractivity contribution >= 4 is 33.0 Å². The van der Waals surface area contributed by atoms with Gasteiger partial charge in [-0.3, -0.25) is 4.90 Å². The second-order valence-corrected chi connectivity index (χ2v) is 13.6. The Morgan fingerprint density at radius 2 is 1.61 bits per heavy atom. The van der Waals surface area contributed by atoms with Gasteiger partial charge in [0.2, 0.25) is 27.9 Å². The van der Waals surface area contributed by atoms with Gasteiger partial charge >= 0.3 is 6.01 Å². The summed E-state index contributed by atoms with van der Waals surface area (Å²) in [6.45, 7) is 6.82. The summed E-state index contributed by atoms with van der Waals surface area (Å²) in [5.41, 5.74) is 1.16. The third-order valence-corrected chi connectivity index (χ3v) is 9.83. The molecule has 5 heterocycles. The molecule has 0 spiro atoms. The van der Waals surface area contributed by atoms with Crippen LogP contribution in [0.2, 0.25) is 0 Å². The predicted molar refractivity (Wildman–Crippen MR) is 168 cm³/mol. The molecule has 0 N–H and O–H groups in total. The summed E-state index contributed by atoms with van der Waals surface area (Å²) >= 11 is 0. The summed E-state index contributed by atoms with van der Waals surface area (Å²) in [5.74, 6) is 1.08. The van der Waals surface area contributed by atoms with Gasteiger partial charge in [-0.25, -0.2) is 26.1 Å². The number of alkyl halides is 2. The van der Waals surface area contributed by atoms with E-state index < -0.39 is 23.1 Å². The van der Waals surface area contributed by atoms with Crippen LogP contribution >= 0.6 is 0 Å². The zero-order valence-corrected chi connectivity index (χ0v) is 26.8. The van der Waals surface area contributed by atoms with Gasteiger partial charge < -0.3 is 24.0 Å². The third kappa shape index (κ3) is 7.82. The Bertz CT molecular complexity index is 1560. The molecule has 0 saturated carbocycles. The second kappa shape index (κ2) is 14.7. The first-order valence-electron chi connectivity index (χ1n) is 15.8. The van der Waals surface area contributed by atoms with E-state index in [2.05, 4.69) is 14.8 Å². The van der Waals surface area contributed by atoms with Crippen molar-refractivity contribution in [2.45, 2.75) is 31.7 Å². The van der Waals surface area contributed by atoms with E-state index in [0.29, 0.717) is 94.9 Å². The second-order valence-electron chi connectivity index (χ2n) is 11.6. The summed E-state index contributed by atoms with van der Waals surface area (Å²) in [5, 5.41) is 0. The monoisotopic (exact) mass is 665 g/mol. The molecular formula is C29H41F2N9O5S. The molecule has 0 aliphatic carbocycles. The van der Waals surface area contributed by atoms with Crippen LogP contribution < -0.4 is 14.5 Å². The Balaban J connectivity index is 1.39. The van der Waals surface area contributed by atoms with Crippen LogP contribution in [0.4, 0.5) is 20.7 Å². The van der Waals surface area contributed by atoms with Gasteiger partial charge in [-0.05, 0) is 31.4 Å². The molecule has 0 amide bonds. The first kappa shape index (κ1) is 32.7. The fourth-order valence-corrected chi connectivity index (χ4v) is 7.00. The molecule has 0 atom stereocenters. The van der Waals surface area contributed by atoms with Crippen LogP contribution in [-0.2, 0) is 19.5 Å². The van der Waals surface area contributed by atoms with Crippen LogP contribution in [0, 0.1) is 0 Å². The van der Waals surface area contributed by atoms with Crippen LogP contribution in [0.1, 0.15) is 19.3 Å². The van der Waals surface area contributed by atoms with E-state index in [1.165, 1.54) is 10.6 Å². The maximum atomic E-state index is 13.3. The lowest BCUT2D eigenvalue weighted by Crippen LogP contribution is -2.48. The van der Waals surface area contributed by atoms with Crippen LogP contribution in [0.25, 0.3) is 17.0 Å². The van der Waals surface area contributed by atoms with E-state index in [4.69, 9.17) is 29.2 Å². The molecule has 17 heteroatoms. The normalized spacial score (nSPS) is 19.3. The zero-order valence-electron chi connectivity index (χ0n) is 26.0. The Hall–Kier alpha value is -3.25. The van der Waals surface area contributed by atoms with Gasteiger partial charge in [0.05, 0.1) is 43.7 Å². The number of aromatic nitrogens is 5. The molecule has 0 radical (unpaired) electrons. The van der Waals surface area contributed by atoms with Crippen molar-refractivity contribution in [2.75, 3.05) is 101 Å². The van der Waals surface area contributed by atoms with Gasteiger partial charge in [0.25, 0.3) is 6.43 Å². The third-order valence-electron chi connectivity index (χ3n) is 8.53. The number of benzene rings is 1. The van der Waals surface area contributed by atoms with Gasteiger partial charge in [0, 0.05) is 58.4 Å². The number of hydrogen-bond donors (Lipinski definition) is 0. The highest BCUT2D eigenvalue weighted by atomic mass is 32.2. The summed E-state index contributed by atoms with van der Waals surface area (Å²) in [4.78, 5) is 25.8. The number of para-hydroxylation sites is 2. The standard InChI is InChI=1S/C29H41F2N9O5S/c1-46(41,42)38-11-7-22(8-12-38)39(10-4-9-36-13-17-43-18-14-36)27-33-26(37-15-19-44-20-16-37)34-28(35-27)40-24-6-3-2-5-23(24)32-29(40)45-21-25(30)31/h2-3,5-6,22,25H,4,7-21H2,1H3. The van der Waals surface area contributed by atoms with Crippen molar-refractivity contribution < 1.29 is 31.4 Å². The number of nitrogens with zero attached hydrogens (tertiary/aromatic N) is 9. The van der Waals surface area contributed by atoms with Crippen molar-refractivity contribution in [1.82, 2.24) is 33.7 Å². The molecular weight excluding hydrogens is 624 g/mol. The molecule has 1 aromatic carbocycles. The molecule has 0 unspecified atom stereocenters. The van der Waals surface area contributed by atoms with Crippen LogP contribution in [0.5, 0.6) is 6.01 Å². The summed E-state index contributed by atoms with van der Waals surface area (Å²) in [7, 11) is -3.31. The summed E-state index contributed by atoms with van der Waals surface area (Å²) in [6.07, 6.45) is 0.594. The molecule has 3 saturated heterocycles. The number of fused-ring (bicyclic) bond motifs is 1. The largest absolute Gasteiger partial charge is 0.458 e. The minimum atomic E-state index is -3.31. The van der Waals surface area contributed by atoms with Crippen molar-refractivity contribution in [2.24, 2.45) is 0 Å². The van der Waals surface area contributed by atoms with E-state index in [1.807, 2.05) is 23.1 Å². The quantitative estimate of drug-likeness (QED) is 0.279. The molecule has 2 aromatic heterocycles. The molecule has 14 nitrogen and oxygen atoms in total. The first-order chi connectivity index (χ1) is 22.3. The van der Waals surface area contributed by atoms with E-state index in [9.17, 15) is 17.2 Å². The van der Waals surface area contributed by atoms with Crippen molar-refractivity contribution in [3.63, 3.8) is 0 Å². The minimum absolute atomic E-state index is 0.0236. The van der Waals surface area contributed by atoms with Crippen molar-refractivity contribution in [1.29, 1.82) is 0 Å². The Morgan fingerprint density at radius 1 is 0.935 bits per heavy atom. The van der Waals surface area contributed by atoms with E-state index >= 15 is 0 Å². The fourth-order valence-electron chi connectivity index (χ4n) is 6.13. The summed E-state index contributed by atoms with van der Waals surface area (Å²) < 4.78 is 70.8. The number of rotatable bonds is 12. The van der Waals surface area contributed by atoms with Gasteiger partial charge in [0.15, 0.2) is 6.61 Å². The molecule has 252 valence electrons. The number of ether oxygens (including phenoxy) is 3. The topological polar surface area (TPSA) is 131 Å². The highest BCUT2D eigenvalue weighted by molar-refractivity contribution is 7.88. The molecule has 6 rings (SSSR count). The Morgan fingerprint density at radius 3 is 2.30 bits per heavy atom. The van der Waals surface area contributed by atoms with Gasteiger partial charge in [-0.1, -0.05) is 12.1 Å². The minimum Gasteiger partial charge on any atom is -0.458 e. The van der Waals surface area contributed by atoms with Gasteiger partial charge in [-0.15, -0.1) is 0 Å². The van der Waals surface area contributed by atoms with Crippen molar-refractivity contribution in [3.05, 3.63) is 24.3 Å². The van der Waals surface area contributed by atoms with Crippen molar-refractivity contribution in [3.8, 4) is 12.0 Å². The van der Waals surface area contributed by atoms with Crippen LogP contribution in [0.15, 0.2) is 24.3 Å². The van der Waals surface area contributed by atoms with E-state index in [1.54, 1.807) is 10.6 Å². The number of halogens is 2. The van der Waals surface area contributed by atoms with Gasteiger partial charge in [0.1, 0.15) is 0 Å². The molecule has 0 bridgehead atoms. The number of sulfonamides is 1. The van der Waals surface area contributed by atoms with E-state index in [0.717, 1.165) is 26.1 Å². The highest BCUT2D eigenvalue weighted by Gasteiger charge is 2.32. The maximum absolute atomic E-state index is 13.3. The van der Waals surface area contributed by atoms with Gasteiger partial charge in [-0.2, -0.15) is 19.9 Å². The molecule has 3 aliphatic heterocycles. The average Bonchev–Trinajstić information content (AvgIpc) is 3.45. The van der Waals surface area contributed by atoms with Crippen LogP contribution in [0.3, 0.4) is 0 Å². The lowest BCUT2D eigenvalue weighted by atomic mass is 10.0. The number of anilines is 2.